The Labute approximate surface area is 126 Å². The first-order chi connectivity index (χ1) is 10.3. The Hall–Kier alpha value is -2.16. The van der Waals surface area contributed by atoms with Gasteiger partial charge >= 0.3 is 0 Å². The van der Waals surface area contributed by atoms with Crippen molar-refractivity contribution in [1.82, 2.24) is 0 Å². The Kier molecular flexibility index (Phi) is 4.29. The van der Waals surface area contributed by atoms with Crippen LogP contribution in [0.5, 0.6) is 5.75 Å². The van der Waals surface area contributed by atoms with Crippen LogP contribution in [-0.4, -0.2) is 19.7 Å². The summed E-state index contributed by atoms with van der Waals surface area (Å²) in [6.07, 6.45) is 3.34. The molecule has 0 saturated heterocycles. The fourth-order valence-corrected chi connectivity index (χ4v) is 2.96. The minimum atomic E-state index is 0.739. The van der Waals surface area contributed by atoms with E-state index in [2.05, 4.69) is 17.0 Å². The van der Waals surface area contributed by atoms with Crippen LogP contribution in [0, 0.1) is 0 Å². The minimum absolute atomic E-state index is 0.739. The molecule has 3 rings (SSSR count). The molecule has 0 amide bonds. The molecule has 21 heavy (non-hydrogen) atoms. The van der Waals surface area contributed by atoms with Crippen molar-refractivity contribution in [3.8, 4) is 5.75 Å². The van der Waals surface area contributed by atoms with E-state index in [1.807, 2.05) is 36.4 Å². The normalized spacial score (nSPS) is 13.8. The lowest BCUT2D eigenvalue weighted by molar-refractivity contribution is 0.311. The zero-order valence-electron chi connectivity index (χ0n) is 12.3. The quantitative estimate of drug-likeness (QED) is 0.674. The second kappa shape index (κ2) is 6.53. The van der Waals surface area contributed by atoms with Gasteiger partial charge in [-0.25, -0.2) is 0 Å². The van der Waals surface area contributed by atoms with Gasteiger partial charge < -0.3 is 15.4 Å². The average molecular weight is 282 g/mol. The highest BCUT2D eigenvalue weighted by Gasteiger charge is 2.18. The van der Waals surface area contributed by atoms with E-state index in [0.29, 0.717) is 0 Å². The number of nitrogen functional groups attached to an aromatic ring is 1. The van der Waals surface area contributed by atoms with Crippen molar-refractivity contribution in [1.29, 1.82) is 0 Å². The van der Waals surface area contributed by atoms with Crippen LogP contribution >= 0.6 is 0 Å². The standard InChI is InChI=1S/C18H22N2O/c19-17-11-4-7-15-8-5-12-20(18(15)17)13-6-14-21-16-9-2-1-3-10-16/h1-4,7,9-11H,5-6,8,12-14,19H2. The van der Waals surface area contributed by atoms with Gasteiger partial charge in [0.05, 0.1) is 18.0 Å². The van der Waals surface area contributed by atoms with Crippen LogP contribution < -0.4 is 15.4 Å². The van der Waals surface area contributed by atoms with Gasteiger partial charge in [0.25, 0.3) is 0 Å². The molecular formula is C18H22N2O. The number of nitrogens with zero attached hydrogens (tertiary/aromatic N) is 1. The number of aryl methyl sites for hydroxylation is 1. The second-order valence-corrected chi connectivity index (χ2v) is 5.46. The molecule has 0 atom stereocenters. The summed E-state index contributed by atoms with van der Waals surface area (Å²) in [6, 6.07) is 16.2. The highest BCUT2D eigenvalue weighted by atomic mass is 16.5. The third-order valence-electron chi connectivity index (χ3n) is 3.93. The molecule has 0 saturated carbocycles. The Bertz CT molecular complexity index is 583. The molecular weight excluding hydrogens is 260 g/mol. The minimum Gasteiger partial charge on any atom is -0.494 e. The lowest BCUT2D eigenvalue weighted by atomic mass is 10.0. The fourth-order valence-electron chi connectivity index (χ4n) is 2.96. The predicted octanol–water partition coefficient (Wildman–Crippen LogP) is 3.49. The molecule has 110 valence electrons. The van der Waals surface area contributed by atoms with Crippen LogP contribution in [0.25, 0.3) is 0 Å². The first-order valence-corrected chi connectivity index (χ1v) is 7.65. The third kappa shape index (κ3) is 3.30. The van der Waals surface area contributed by atoms with Crippen molar-refractivity contribution < 1.29 is 4.74 Å². The SMILES string of the molecule is Nc1cccc2c1N(CCCOc1ccccc1)CCC2. The van der Waals surface area contributed by atoms with Gasteiger partial charge in [0, 0.05) is 13.1 Å². The number of benzene rings is 2. The zero-order chi connectivity index (χ0) is 14.5. The van der Waals surface area contributed by atoms with Crippen LogP contribution in [0.4, 0.5) is 11.4 Å². The van der Waals surface area contributed by atoms with E-state index < -0.39 is 0 Å². The molecule has 0 fully saturated rings. The number of anilines is 2. The molecule has 0 spiro atoms. The summed E-state index contributed by atoms with van der Waals surface area (Å²) in [5.74, 6) is 0.941. The Morgan fingerprint density at radius 1 is 1.05 bits per heavy atom. The van der Waals surface area contributed by atoms with E-state index in [9.17, 15) is 0 Å². The van der Waals surface area contributed by atoms with E-state index in [-0.39, 0.29) is 0 Å². The van der Waals surface area contributed by atoms with Crippen molar-refractivity contribution >= 4 is 11.4 Å². The summed E-state index contributed by atoms with van der Waals surface area (Å²) in [5.41, 5.74) is 9.67. The van der Waals surface area contributed by atoms with E-state index in [4.69, 9.17) is 10.5 Å². The van der Waals surface area contributed by atoms with Crippen molar-refractivity contribution in [3.05, 3.63) is 54.1 Å². The molecule has 0 unspecified atom stereocenters. The fraction of sp³-hybridized carbons (Fsp3) is 0.333. The largest absolute Gasteiger partial charge is 0.494 e. The highest BCUT2D eigenvalue weighted by Crippen LogP contribution is 2.32. The number of rotatable bonds is 5. The van der Waals surface area contributed by atoms with Gasteiger partial charge in [-0.1, -0.05) is 30.3 Å². The van der Waals surface area contributed by atoms with Gasteiger partial charge in [-0.3, -0.25) is 0 Å². The number of ether oxygens (including phenoxy) is 1. The molecule has 1 aliphatic heterocycles. The lowest BCUT2D eigenvalue weighted by Crippen LogP contribution is -2.31. The number of hydrogen-bond acceptors (Lipinski definition) is 3. The molecule has 3 nitrogen and oxygen atoms in total. The molecule has 0 radical (unpaired) electrons. The van der Waals surface area contributed by atoms with E-state index >= 15 is 0 Å². The highest BCUT2D eigenvalue weighted by molar-refractivity contribution is 5.72. The average Bonchev–Trinajstić information content (AvgIpc) is 2.53. The Morgan fingerprint density at radius 2 is 1.90 bits per heavy atom. The van der Waals surface area contributed by atoms with Crippen molar-refractivity contribution in [2.24, 2.45) is 0 Å². The van der Waals surface area contributed by atoms with Crippen molar-refractivity contribution in [3.63, 3.8) is 0 Å². The topological polar surface area (TPSA) is 38.5 Å². The summed E-state index contributed by atoms with van der Waals surface area (Å²) in [7, 11) is 0. The molecule has 2 aromatic carbocycles. The Balaban J connectivity index is 1.55. The van der Waals surface area contributed by atoms with Gasteiger partial charge in [0.15, 0.2) is 0 Å². The predicted molar refractivity (Wildman–Crippen MR) is 87.9 cm³/mol. The molecule has 0 aliphatic carbocycles. The molecule has 1 aliphatic rings. The van der Waals surface area contributed by atoms with Gasteiger partial charge in [0.2, 0.25) is 0 Å². The molecule has 2 N–H and O–H groups in total. The van der Waals surface area contributed by atoms with Gasteiger partial charge in [-0.15, -0.1) is 0 Å². The van der Waals surface area contributed by atoms with Crippen molar-refractivity contribution in [2.75, 3.05) is 30.3 Å². The summed E-state index contributed by atoms with van der Waals surface area (Å²) in [4.78, 5) is 2.41. The van der Waals surface area contributed by atoms with Crippen LogP contribution in [-0.2, 0) is 6.42 Å². The molecule has 0 aromatic heterocycles. The maximum atomic E-state index is 6.15. The van der Waals surface area contributed by atoms with E-state index in [0.717, 1.165) is 44.0 Å². The van der Waals surface area contributed by atoms with E-state index in [1.54, 1.807) is 0 Å². The lowest BCUT2D eigenvalue weighted by Gasteiger charge is -2.32. The first kappa shape index (κ1) is 13.8. The van der Waals surface area contributed by atoms with E-state index in [1.165, 1.54) is 17.7 Å². The summed E-state index contributed by atoms with van der Waals surface area (Å²) in [6.45, 7) is 2.82. The van der Waals surface area contributed by atoms with Crippen molar-refractivity contribution in [2.45, 2.75) is 19.3 Å². The Morgan fingerprint density at radius 3 is 2.76 bits per heavy atom. The van der Waals surface area contributed by atoms with Crippen LogP contribution in [0.3, 0.4) is 0 Å². The van der Waals surface area contributed by atoms with Gasteiger partial charge in [-0.05, 0) is 43.0 Å². The number of para-hydroxylation sites is 2. The maximum Gasteiger partial charge on any atom is 0.119 e. The van der Waals surface area contributed by atoms with Crippen LogP contribution in [0.2, 0.25) is 0 Å². The number of hydrogen-bond donors (Lipinski definition) is 1. The van der Waals surface area contributed by atoms with Gasteiger partial charge in [-0.2, -0.15) is 0 Å². The number of nitrogens with two attached hydrogens (primary N) is 1. The first-order valence-electron chi connectivity index (χ1n) is 7.65. The van der Waals surface area contributed by atoms with Crippen LogP contribution in [0.1, 0.15) is 18.4 Å². The molecule has 0 bridgehead atoms. The summed E-state index contributed by atoms with van der Waals surface area (Å²) >= 11 is 0. The molecule has 1 heterocycles. The third-order valence-corrected chi connectivity index (χ3v) is 3.93. The summed E-state index contributed by atoms with van der Waals surface area (Å²) in [5, 5.41) is 0. The smallest absolute Gasteiger partial charge is 0.119 e. The monoisotopic (exact) mass is 282 g/mol. The number of fused-ring (bicyclic) bond motifs is 1. The molecule has 3 heteroatoms. The zero-order valence-corrected chi connectivity index (χ0v) is 12.3. The van der Waals surface area contributed by atoms with Crippen LogP contribution in [0.15, 0.2) is 48.5 Å². The second-order valence-electron chi connectivity index (χ2n) is 5.46. The summed E-state index contributed by atoms with van der Waals surface area (Å²) < 4.78 is 5.76. The molecule has 2 aromatic rings. The van der Waals surface area contributed by atoms with Gasteiger partial charge in [0.1, 0.15) is 5.75 Å². The maximum absolute atomic E-state index is 6.15.